The zero-order valence-electron chi connectivity index (χ0n) is 17.4. The second kappa shape index (κ2) is 8.06. The summed E-state index contributed by atoms with van der Waals surface area (Å²) in [6.45, 7) is -0.599. The number of alkyl halides is 2. The van der Waals surface area contributed by atoms with E-state index in [1.165, 1.54) is 32.8 Å². The molecule has 1 atom stereocenters. The zero-order chi connectivity index (χ0) is 22.7. The average Bonchev–Trinajstić information content (AvgIpc) is 3.51. The fourth-order valence-corrected chi connectivity index (χ4v) is 4.55. The molecule has 0 aliphatic carbocycles. The van der Waals surface area contributed by atoms with E-state index in [-0.39, 0.29) is 35.7 Å². The molecule has 1 fully saturated rings. The monoisotopic (exact) mass is 502 g/mol. The summed E-state index contributed by atoms with van der Waals surface area (Å²) in [6, 6.07) is 9.34. The quantitative estimate of drug-likeness (QED) is 0.405. The molecule has 34 heavy (non-hydrogen) atoms. The van der Waals surface area contributed by atoms with Crippen LogP contribution in [0, 0.1) is 0 Å². The number of imidazole rings is 1. The van der Waals surface area contributed by atoms with Crippen LogP contribution in [0.25, 0.3) is 22.4 Å². The first-order valence-corrected chi connectivity index (χ1v) is 10.4. The maximum atomic E-state index is 14.8. The molecule has 1 N–H and O–H groups in total. The van der Waals surface area contributed by atoms with Gasteiger partial charge in [-0.05, 0) is 18.2 Å². The number of nitrogens with zero attached hydrogens (tertiary/aromatic N) is 7. The molecule has 0 bridgehead atoms. The normalized spacial score (nSPS) is 17.4. The first kappa shape index (κ1) is 22.3. The number of anilines is 1. The molecule has 13 heteroatoms. The summed E-state index contributed by atoms with van der Waals surface area (Å²) in [5, 5.41) is 4.80. The number of aromatic nitrogens is 7. The van der Waals surface area contributed by atoms with E-state index in [2.05, 4.69) is 25.0 Å². The Labute approximate surface area is 202 Å². The van der Waals surface area contributed by atoms with Crippen LogP contribution in [0.5, 0.6) is 0 Å². The second-order valence-corrected chi connectivity index (χ2v) is 8.20. The molecule has 4 aromatic heterocycles. The van der Waals surface area contributed by atoms with Gasteiger partial charge in [-0.15, -0.1) is 0 Å². The van der Waals surface area contributed by atoms with Gasteiger partial charge in [-0.2, -0.15) is 18.6 Å². The van der Waals surface area contributed by atoms with Gasteiger partial charge in [-0.1, -0.05) is 29.8 Å². The molecule has 1 aliphatic heterocycles. The lowest BCUT2D eigenvalue weighted by atomic mass is 10.1. The number of hydrogen-bond donors (Lipinski definition) is 1. The number of H-pyrrole nitrogens is 1. The van der Waals surface area contributed by atoms with Gasteiger partial charge in [-0.3, -0.25) is 9.36 Å². The summed E-state index contributed by atoms with van der Waals surface area (Å²) in [6.07, 6.45) is 3.69. The van der Waals surface area contributed by atoms with Crippen LogP contribution in [-0.4, -0.2) is 46.6 Å². The van der Waals surface area contributed by atoms with Crippen LogP contribution < -0.4 is 10.5 Å². The van der Waals surface area contributed by atoms with Gasteiger partial charge in [0.1, 0.15) is 17.4 Å². The third kappa shape index (κ3) is 3.41. The Hall–Kier alpha value is -3.51. The number of aromatic amines is 1. The van der Waals surface area contributed by atoms with Crippen LogP contribution in [0.2, 0.25) is 5.02 Å². The molecule has 6 rings (SSSR count). The molecule has 1 saturated heterocycles. The third-order valence-corrected chi connectivity index (χ3v) is 6.02. The number of fused-ring (bicyclic) bond motifs is 2. The Bertz CT molecular complexity index is 1570. The molecular weight excluding hydrogens is 486 g/mol. The molecule has 0 saturated carbocycles. The van der Waals surface area contributed by atoms with E-state index >= 15 is 0 Å². The number of rotatable bonds is 3. The fourth-order valence-electron chi connectivity index (χ4n) is 4.33. The number of para-hydroxylation sites is 1. The van der Waals surface area contributed by atoms with Crippen molar-refractivity contribution in [3.8, 4) is 5.69 Å². The van der Waals surface area contributed by atoms with Gasteiger partial charge in [0.25, 0.3) is 11.5 Å². The Morgan fingerprint density at radius 3 is 2.71 bits per heavy atom. The van der Waals surface area contributed by atoms with Crippen molar-refractivity contribution in [2.45, 2.75) is 18.4 Å². The Morgan fingerprint density at radius 2 is 1.91 bits per heavy atom. The molecule has 1 aliphatic rings. The molecule has 9 nitrogen and oxygen atoms in total. The lowest BCUT2D eigenvalue weighted by molar-refractivity contribution is 0.0218. The zero-order valence-corrected chi connectivity index (χ0v) is 19.1. The third-order valence-electron chi connectivity index (χ3n) is 5.72. The van der Waals surface area contributed by atoms with Crippen LogP contribution in [0.1, 0.15) is 18.3 Å². The molecule has 174 valence electrons. The van der Waals surface area contributed by atoms with Crippen molar-refractivity contribution in [2.75, 3.05) is 11.4 Å². The minimum absolute atomic E-state index is 0. The van der Waals surface area contributed by atoms with Crippen molar-refractivity contribution < 1.29 is 8.78 Å². The van der Waals surface area contributed by atoms with E-state index in [0.717, 1.165) is 0 Å². The number of halogens is 3. The predicted molar refractivity (Wildman–Crippen MR) is 128 cm³/mol. The molecule has 5 aromatic rings. The highest BCUT2D eigenvalue weighted by molar-refractivity contribution is 7.59. The minimum Gasteiger partial charge on any atom is -0.340 e. The summed E-state index contributed by atoms with van der Waals surface area (Å²) < 4.78 is 32.4. The van der Waals surface area contributed by atoms with Gasteiger partial charge in [0.15, 0.2) is 17.3 Å². The van der Waals surface area contributed by atoms with E-state index < -0.39 is 30.5 Å². The number of nitrogens with one attached hydrogen (secondary N) is 1. The van der Waals surface area contributed by atoms with Crippen LogP contribution in [0.4, 0.5) is 14.6 Å². The maximum absolute atomic E-state index is 14.8. The summed E-state index contributed by atoms with van der Waals surface area (Å²) in [7, 11) is 0. The van der Waals surface area contributed by atoms with E-state index in [9.17, 15) is 13.6 Å². The molecule has 0 amide bonds. The molecule has 0 unspecified atom stereocenters. The van der Waals surface area contributed by atoms with Crippen LogP contribution in [0.3, 0.4) is 0 Å². The van der Waals surface area contributed by atoms with Crippen LogP contribution in [0.15, 0.2) is 60.0 Å². The van der Waals surface area contributed by atoms with Gasteiger partial charge >= 0.3 is 0 Å². The van der Waals surface area contributed by atoms with Crippen molar-refractivity contribution in [2.24, 2.45) is 0 Å². The minimum atomic E-state index is -3.04. The van der Waals surface area contributed by atoms with Crippen molar-refractivity contribution in [3.05, 3.63) is 76.5 Å². The molecule has 5 heterocycles. The van der Waals surface area contributed by atoms with E-state index in [1.54, 1.807) is 36.4 Å². The SMILES string of the molecule is O=c1c2c(Cl)ccn2nc([C@@H]2CC(F)(F)CN2c2ncnc3nc[nH]c23)n1-c1ccccc1.S. The summed E-state index contributed by atoms with van der Waals surface area (Å²) in [4.78, 5) is 30.3. The maximum Gasteiger partial charge on any atom is 0.284 e. The van der Waals surface area contributed by atoms with Crippen LogP contribution >= 0.6 is 25.1 Å². The molecular formula is C21H17ClF2N8OS. The smallest absolute Gasteiger partial charge is 0.284 e. The predicted octanol–water partition coefficient (Wildman–Crippen LogP) is 3.50. The molecule has 1 aromatic carbocycles. The van der Waals surface area contributed by atoms with Crippen molar-refractivity contribution >= 4 is 47.6 Å². The highest BCUT2D eigenvalue weighted by atomic mass is 35.5. The highest BCUT2D eigenvalue weighted by Crippen LogP contribution is 2.43. The Balaban J connectivity index is 0.00000241. The molecule has 0 radical (unpaired) electrons. The Morgan fingerprint density at radius 1 is 1.12 bits per heavy atom. The number of benzene rings is 1. The first-order valence-electron chi connectivity index (χ1n) is 10.1. The van der Waals surface area contributed by atoms with E-state index in [0.29, 0.717) is 16.9 Å². The van der Waals surface area contributed by atoms with Gasteiger partial charge < -0.3 is 9.88 Å². The lowest BCUT2D eigenvalue weighted by Crippen LogP contribution is -2.33. The summed E-state index contributed by atoms with van der Waals surface area (Å²) in [5.74, 6) is -2.63. The van der Waals surface area contributed by atoms with Gasteiger partial charge in [-0.25, -0.2) is 28.2 Å². The summed E-state index contributed by atoms with van der Waals surface area (Å²) in [5.41, 5.74) is 0.993. The number of hydrogen-bond acceptors (Lipinski definition) is 6. The standard InChI is InChI=1S/C21H15ClF2N8O.H2S/c22-13-6-7-31-16(13)20(33)32(12-4-2-1-3-5-12)18(29-31)14-8-21(23,24)9-30(14)19-15-17(26-10-25-15)27-11-28-19;/h1-7,10-11,14H,8-9H2,(H,25,26,27,28);1H2/t14-;/m0./s1. The fraction of sp³-hybridized carbons (Fsp3) is 0.190. The Kier molecular flexibility index (Phi) is 5.29. The van der Waals surface area contributed by atoms with Gasteiger partial charge in [0.2, 0.25) is 0 Å². The van der Waals surface area contributed by atoms with Crippen LogP contribution in [-0.2, 0) is 0 Å². The van der Waals surface area contributed by atoms with E-state index in [1.807, 2.05) is 0 Å². The van der Waals surface area contributed by atoms with Crippen molar-refractivity contribution in [3.63, 3.8) is 0 Å². The lowest BCUT2D eigenvalue weighted by Gasteiger charge is -2.26. The van der Waals surface area contributed by atoms with E-state index in [4.69, 9.17) is 11.6 Å². The second-order valence-electron chi connectivity index (χ2n) is 7.79. The van der Waals surface area contributed by atoms with Gasteiger partial charge in [0, 0.05) is 12.6 Å². The molecule has 0 spiro atoms. The first-order chi connectivity index (χ1) is 15.9. The van der Waals surface area contributed by atoms with Gasteiger partial charge in [0.05, 0.1) is 29.6 Å². The highest BCUT2D eigenvalue weighted by Gasteiger charge is 2.49. The average molecular weight is 503 g/mol. The topological polar surface area (TPSA) is 97.0 Å². The summed E-state index contributed by atoms with van der Waals surface area (Å²) >= 11 is 6.24. The van der Waals surface area contributed by atoms with Crippen molar-refractivity contribution in [1.29, 1.82) is 0 Å². The largest absolute Gasteiger partial charge is 0.340 e. The van der Waals surface area contributed by atoms with Crippen molar-refractivity contribution in [1.82, 2.24) is 34.1 Å².